The molecule has 0 radical (unpaired) electrons. The Morgan fingerprint density at radius 2 is 2.35 bits per heavy atom. The summed E-state index contributed by atoms with van der Waals surface area (Å²) in [5.41, 5.74) is 2.13. The first-order chi connectivity index (χ1) is 9.60. The van der Waals surface area contributed by atoms with Crippen molar-refractivity contribution in [2.45, 2.75) is 12.8 Å². The number of hydrogen-bond donors (Lipinski definition) is 2. The van der Waals surface area contributed by atoms with Crippen LogP contribution < -0.4 is 5.32 Å². The van der Waals surface area contributed by atoms with E-state index in [1.165, 1.54) is 7.11 Å². The van der Waals surface area contributed by atoms with Crippen LogP contribution in [0, 0.1) is 11.3 Å². The number of nitriles is 1. The van der Waals surface area contributed by atoms with E-state index < -0.39 is 11.9 Å². The molecule has 2 rings (SSSR count). The fourth-order valence-corrected chi connectivity index (χ4v) is 2.54. The number of allylic oxidation sites excluding steroid dienone is 2. The molecule has 6 heteroatoms. The van der Waals surface area contributed by atoms with Gasteiger partial charge in [0, 0.05) is 18.1 Å². The third-order valence-corrected chi connectivity index (χ3v) is 3.44. The Hall–Kier alpha value is -2.26. The van der Waals surface area contributed by atoms with Gasteiger partial charge in [0.1, 0.15) is 0 Å². The summed E-state index contributed by atoms with van der Waals surface area (Å²) >= 11 is 4.28. The highest BCUT2D eigenvalue weighted by atomic mass is 32.1. The molecular formula is C14H13N3O2S. The zero-order valence-corrected chi connectivity index (χ0v) is 11.9. The van der Waals surface area contributed by atoms with Crippen molar-refractivity contribution < 1.29 is 9.53 Å². The molecule has 5 nitrogen and oxygen atoms in total. The highest BCUT2D eigenvalue weighted by Crippen LogP contribution is 2.38. The highest BCUT2D eigenvalue weighted by Gasteiger charge is 2.34. The van der Waals surface area contributed by atoms with Crippen LogP contribution in [0.1, 0.15) is 18.4 Å². The number of aromatic nitrogens is 1. The molecule has 1 N–H and O–H groups in total. The number of thiol groups is 1. The van der Waals surface area contributed by atoms with Gasteiger partial charge in [0.05, 0.1) is 35.3 Å². The quantitative estimate of drug-likeness (QED) is 0.641. The summed E-state index contributed by atoms with van der Waals surface area (Å²) in [5.74, 6) is -0.993. The van der Waals surface area contributed by atoms with Crippen molar-refractivity contribution in [2.24, 2.45) is 0 Å². The topological polar surface area (TPSA) is 75.0 Å². The molecule has 0 aromatic carbocycles. The molecule has 0 amide bonds. The van der Waals surface area contributed by atoms with E-state index >= 15 is 0 Å². The van der Waals surface area contributed by atoms with Gasteiger partial charge in [-0.25, -0.2) is 4.79 Å². The average molecular weight is 287 g/mol. The molecule has 0 fully saturated rings. The van der Waals surface area contributed by atoms with Gasteiger partial charge in [-0.1, -0.05) is 6.07 Å². The minimum Gasteiger partial charge on any atom is -0.466 e. The van der Waals surface area contributed by atoms with Crippen LogP contribution in [0.5, 0.6) is 0 Å². The molecule has 0 bridgehead atoms. The number of carbonyl (C=O) groups excluding carboxylic acids is 1. The monoisotopic (exact) mass is 287 g/mol. The summed E-state index contributed by atoms with van der Waals surface area (Å²) in [5, 5.41) is 12.7. The van der Waals surface area contributed by atoms with E-state index in [9.17, 15) is 10.1 Å². The molecule has 0 saturated carbocycles. The van der Waals surface area contributed by atoms with Crippen LogP contribution in [-0.2, 0) is 9.53 Å². The van der Waals surface area contributed by atoms with Crippen LogP contribution >= 0.6 is 12.6 Å². The van der Waals surface area contributed by atoms with Crippen molar-refractivity contribution in [3.63, 3.8) is 0 Å². The highest BCUT2D eigenvalue weighted by molar-refractivity contribution is 7.84. The Kier molecular flexibility index (Phi) is 4.11. The van der Waals surface area contributed by atoms with E-state index in [2.05, 4.69) is 29.0 Å². The number of methoxy groups -OCH3 is 1. The number of hydrogen-bond acceptors (Lipinski definition) is 6. The number of nitrogens with one attached hydrogen (secondary N) is 1. The molecule has 0 saturated heterocycles. The molecule has 20 heavy (non-hydrogen) atoms. The zero-order chi connectivity index (χ0) is 14.7. The third-order valence-electron chi connectivity index (χ3n) is 3.09. The Bertz CT molecular complexity index is 644. The van der Waals surface area contributed by atoms with E-state index in [0.29, 0.717) is 21.9 Å². The number of dihydropyridines is 1. The largest absolute Gasteiger partial charge is 0.466 e. The van der Waals surface area contributed by atoms with Gasteiger partial charge in [-0.15, -0.1) is 12.6 Å². The van der Waals surface area contributed by atoms with Gasteiger partial charge in [0.15, 0.2) is 0 Å². The second kappa shape index (κ2) is 5.80. The molecule has 102 valence electrons. The molecule has 0 unspecified atom stereocenters. The Morgan fingerprint density at radius 3 is 2.90 bits per heavy atom. The Labute approximate surface area is 122 Å². The normalized spacial score (nSPS) is 18.4. The molecule has 2 heterocycles. The third kappa shape index (κ3) is 2.40. The van der Waals surface area contributed by atoms with E-state index in [1.54, 1.807) is 25.4 Å². The lowest BCUT2D eigenvalue weighted by molar-refractivity contribution is -0.136. The van der Waals surface area contributed by atoms with Crippen LogP contribution in [-0.4, -0.2) is 18.1 Å². The van der Waals surface area contributed by atoms with E-state index in [0.717, 1.165) is 5.56 Å². The number of carbonyl (C=O) groups is 1. The van der Waals surface area contributed by atoms with Crippen LogP contribution in [0.4, 0.5) is 0 Å². The first-order valence-electron chi connectivity index (χ1n) is 5.89. The lowest BCUT2D eigenvalue weighted by Crippen LogP contribution is -2.27. The summed E-state index contributed by atoms with van der Waals surface area (Å²) in [7, 11) is 1.31. The second-order valence-corrected chi connectivity index (χ2v) is 4.70. The maximum absolute atomic E-state index is 12.0. The van der Waals surface area contributed by atoms with Crippen molar-refractivity contribution >= 4 is 18.6 Å². The fourth-order valence-electron chi connectivity index (χ4n) is 2.19. The summed E-state index contributed by atoms with van der Waals surface area (Å²) in [6.45, 7) is 1.75. The molecular weight excluding hydrogens is 274 g/mol. The van der Waals surface area contributed by atoms with Gasteiger partial charge < -0.3 is 10.1 Å². The predicted molar refractivity (Wildman–Crippen MR) is 76.5 cm³/mol. The first kappa shape index (κ1) is 14.2. The zero-order valence-electron chi connectivity index (χ0n) is 11.0. The van der Waals surface area contributed by atoms with Crippen LogP contribution in [0.15, 0.2) is 46.4 Å². The molecule has 1 aromatic rings. The lowest BCUT2D eigenvalue weighted by Gasteiger charge is -2.27. The first-order valence-corrected chi connectivity index (χ1v) is 6.34. The van der Waals surface area contributed by atoms with Gasteiger partial charge >= 0.3 is 5.97 Å². The fraction of sp³-hybridized carbons (Fsp3) is 0.214. The lowest BCUT2D eigenvalue weighted by atomic mass is 9.83. The minimum atomic E-state index is -0.519. The van der Waals surface area contributed by atoms with Gasteiger partial charge in [-0.3, -0.25) is 4.98 Å². The van der Waals surface area contributed by atoms with Crippen molar-refractivity contribution in [2.75, 3.05) is 7.11 Å². The van der Waals surface area contributed by atoms with E-state index in [4.69, 9.17) is 4.74 Å². The van der Waals surface area contributed by atoms with Crippen LogP contribution in [0.2, 0.25) is 0 Å². The van der Waals surface area contributed by atoms with Gasteiger partial charge in [0.2, 0.25) is 0 Å². The van der Waals surface area contributed by atoms with Crippen LogP contribution in [0.3, 0.4) is 0 Å². The predicted octanol–water partition coefficient (Wildman–Crippen LogP) is 1.88. The summed E-state index contributed by atoms with van der Waals surface area (Å²) in [6, 6.07) is 5.68. The smallest absolute Gasteiger partial charge is 0.336 e. The molecule has 1 atom stereocenters. The maximum Gasteiger partial charge on any atom is 0.336 e. The van der Waals surface area contributed by atoms with Gasteiger partial charge in [-0.05, 0) is 18.6 Å². The molecule has 1 aliphatic rings. The van der Waals surface area contributed by atoms with Crippen LogP contribution in [0.25, 0.3) is 0 Å². The number of pyridine rings is 1. The molecule has 1 aliphatic heterocycles. The van der Waals surface area contributed by atoms with E-state index in [-0.39, 0.29) is 0 Å². The molecule has 1 aromatic heterocycles. The summed E-state index contributed by atoms with van der Waals surface area (Å²) < 4.78 is 4.83. The number of rotatable bonds is 2. The SMILES string of the molecule is COC(=O)C1=C(C)NC(S)=C(C#N)[C@@H]1c1cccnc1. The van der Waals surface area contributed by atoms with E-state index in [1.807, 2.05) is 6.07 Å². The standard InChI is InChI=1S/C14H13N3O2S/c1-8-11(14(18)19-2)12(9-4-3-5-16-7-9)10(6-15)13(20)17-8/h3-5,7,12,17,20H,1-2H3/t12-/m0/s1. The Balaban J connectivity index is 2.63. The van der Waals surface area contributed by atoms with Crippen molar-refractivity contribution in [1.82, 2.24) is 10.3 Å². The van der Waals surface area contributed by atoms with Crippen molar-refractivity contribution in [1.29, 1.82) is 5.26 Å². The summed E-state index contributed by atoms with van der Waals surface area (Å²) in [4.78, 5) is 16.1. The maximum atomic E-state index is 12.0. The number of esters is 1. The minimum absolute atomic E-state index is 0.368. The Morgan fingerprint density at radius 1 is 1.60 bits per heavy atom. The van der Waals surface area contributed by atoms with Gasteiger partial charge in [-0.2, -0.15) is 5.26 Å². The van der Waals surface area contributed by atoms with Gasteiger partial charge in [0.25, 0.3) is 0 Å². The summed E-state index contributed by atoms with van der Waals surface area (Å²) in [6.07, 6.45) is 3.26. The second-order valence-electron chi connectivity index (χ2n) is 4.25. The number of nitrogens with zero attached hydrogens (tertiary/aromatic N) is 2. The average Bonchev–Trinajstić information content (AvgIpc) is 2.46. The number of ether oxygens (including phenoxy) is 1. The molecule has 0 aliphatic carbocycles. The van der Waals surface area contributed by atoms with Crippen molar-refractivity contribution in [3.8, 4) is 6.07 Å². The van der Waals surface area contributed by atoms with Crippen molar-refractivity contribution in [3.05, 3.63) is 52.0 Å². The molecule has 0 spiro atoms.